The van der Waals surface area contributed by atoms with Gasteiger partial charge in [-0.2, -0.15) is 0 Å². The number of hydrogen-bond acceptors (Lipinski definition) is 3. The molecular weight excluding hydrogens is 352 g/mol. The first-order valence-corrected chi connectivity index (χ1v) is 9.00. The van der Waals surface area contributed by atoms with Crippen LogP contribution in [-0.4, -0.2) is 19.2 Å². The maximum atomic E-state index is 12.3. The van der Waals surface area contributed by atoms with Crippen molar-refractivity contribution in [2.45, 2.75) is 19.8 Å². The molecule has 0 radical (unpaired) electrons. The predicted octanol–water partition coefficient (Wildman–Crippen LogP) is 3.70. The lowest BCUT2D eigenvalue weighted by molar-refractivity contribution is 0.595. The Balaban J connectivity index is 2.12. The summed E-state index contributed by atoms with van der Waals surface area (Å²) >= 11 is 3.26. The molecule has 0 amide bonds. The van der Waals surface area contributed by atoms with E-state index in [-0.39, 0.29) is 11.7 Å². The van der Waals surface area contributed by atoms with Gasteiger partial charge >= 0.3 is 0 Å². The van der Waals surface area contributed by atoms with Crippen LogP contribution in [0.25, 0.3) is 0 Å². The van der Waals surface area contributed by atoms with E-state index in [2.05, 4.69) is 25.6 Å². The molecule has 2 rings (SSSR count). The topological polar surface area (TPSA) is 59.1 Å². The van der Waals surface area contributed by atoms with Crippen LogP contribution in [0.1, 0.15) is 24.1 Å². The first-order valence-electron chi connectivity index (χ1n) is 6.56. The van der Waals surface area contributed by atoms with Crippen LogP contribution < -0.4 is 4.72 Å². The Morgan fingerprint density at radius 3 is 2.48 bits per heavy atom. The Labute approximate surface area is 133 Å². The number of pyridine rings is 1. The molecule has 112 valence electrons. The van der Waals surface area contributed by atoms with Crippen molar-refractivity contribution >= 4 is 31.6 Å². The van der Waals surface area contributed by atoms with E-state index in [1.54, 1.807) is 19.1 Å². The van der Waals surface area contributed by atoms with Gasteiger partial charge in [-0.3, -0.25) is 4.72 Å². The van der Waals surface area contributed by atoms with Crippen LogP contribution >= 0.6 is 15.9 Å². The molecule has 0 aliphatic rings. The summed E-state index contributed by atoms with van der Waals surface area (Å²) < 4.78 is 27.8. The minimum atomic E-state index is -3.42. The number of aromatic nitrogens is 1. The molecular formula is C15H17BrN2O2S. The van der Waals surface area contributed by atoms with E-state index < -0.39 is 10.0 Å². The van der Waals surface area contributed by atoms with E-state index in [1.165, 1.54) is 0 Å². The lowest BCUT2D eigenvalue weighted by atomic mass is 10.0. The second kappa shape index (κ2) is 6.58. The number of sulfonamides is 1. The quantitative estimate of drug-likeness (QED) is 0.818. The molecule has 0 aliphatic carbocycles. The fourth-order valence-corrected chi connectivity index (χ4v) is 3.94. The van der Waals surface area contributed by atoms with Crippen LogP contribution in [0.4, 0.5) is 5.69 Å². The Bertz CT molecular complexity index is 718. The van der Waals surface area contributed by atoms with Crippen LogP contribution in [-0.2, 0) is 10.0 Å². The highest BCUT2D eigenvalue weighted by molar-refractivity contribution is 9.10. The van der Waals surface area contributed by atoms with Crippen molar-refractivity contribution in [1.29, 1.82) is 0 Å². The van der Waals surface area contributed by atoms with Gasteiger partial charge < -0.3 is 0 Å². The third-order valence-electron chi connectivity index (χ3n) is 3.16. The molecule has 21 heavy (non-hydrogen) atoms. The molecule has 6 heteroatoms. The van der Waals surface area contributed by atoms with E-state index in [4.69, 9.17) is 0 Å². The highest BCUT2D eigenvalue weighted by atomic mass is 79.9. The van der Waals surface area contributed by atoms with Crippen molar-refractivity contribution in [2.24, 2.45) is 0 Å². The second-order valence-electron chi connectivity index (χ2n) is 4.96. The number of nitrogens with zero attached hydrogens (tertiary/aromatic N) is 1. The van der Waals surface area contributed by atoms with Crippen molar-refractivity contribution in [3.05, 3.63) is 58.3 Å². The summed E-state index contributed by atoms with van der Waals surface area (Å²) in [6.07, 6.45) is 0. The van der Waals surface area contributed by atoms with Gasteiger partial charge in [0, 0.05) is 0 Å². The van der Waals surface area contributed by atoms with E-state index in [0.717, 1.165) is 5.56 Å². The Kier molecular flexibility index (Phi) is 5.00. The normalized spacial score (nSPS) is 12.9. The van der Waals surface area contributed by atoms with Crippen molar-refractivity contribution in [3.63, 3.8) is 0 Å². The molecule has 1 atom stereocenters. The Morgan fingerprint density at radius 1 is 1.19 bits per heavy atom. The Hall–Kier alpha value is -1.40. The number of halogens is 1. The number of aryl methyl sites for hydroxylation is 1. The summed E-state index contributed by atoms with van der Waals surface area (Å²) in [5, 5.41) is 0. The van der Waals surface area contributed by atoms with Crippen LogP contribution in [0.15, 0.2) is 47.1 Å². The van der Waals surface area contributed by atoms with Crippen molar-refractivity contribution in [3.8, 4) is 0 Å². The average Bonchev–Trinajstić information content (AvgIpc) is 2.42. The Morgan fingerprint density at radius 2 is 1.86 bits per heavy atom. The number of nitrogens with one attached hydrogen (secondary N) is 1. The van der Waals surface area contributed by atoms with Crippen LogP contribution in [0.5, 0.6) is 0 Å². The van der Waals surface area contributed by atoms with Crippen molar-refractivity contribution in [1.82, 2.24) is 4.98 Å². The third kappa shape index (κ3) is 4.54. The fraction of sp³-hybridized carbons (Fsp3) is 0.267. The maximum absolute atomic E-state index is 12.3. The second-order valence-corrected chi connectivity index (χ2v) is 7.54. The van der Waals surface area contributed by atoms with E-state index in [0.29, 0.717) is 16.0 Å². The smallest absolute Gasteiger partial charge is 0.233 e. The molecule has 0 bridgehead atoms. The lowest BCUT2D eigenvalue weighted by Gasteiger charge is -2.14. The molecule has 0 saturated heterocycles. The van der Waals surface area contributed by atoms with Gasteiger partial charge in [-0.05, 0) is 46.5 Å². The average molecular weight is 369 g/mol. The molecule has 4 nitrogen and oxygen atoms in total. The van der Waals surface area contributed by atoms with Crippen LogP contribution in [0, 0.1) is 6.92 Å². The van der Waals surface area contributed by atoms with Crippen LogP contribution in [0.3, 0.4) is 0 Å². The molecule has 1 unspecified atom stereocenters. The SMILES string of the molecule is Cc1nc(Br)ccc1NS(=O)(=O)CC(C)c1ccccc1. The molecule has 1 N–H and O–H groups in total. The number of hydrogen-bond donors (Lipinski definition) is 1. The highest BCUT2D eigenvalue weighted by Gasteiger charge is 2.18. The predicted molar refractivity (Wildman–Crippen MR) is 88.9 cm³/mol. The zero-order valence-corrected chi connectivity index (χ0v) is 14.3. The molecule has 0 aliphatic heterocycles. The first-order chi connectivity index (χ1) is 9.87. The summed E-state index contributed by atoms with van der Waals surface area (Å²) in [6, 6.07) is 13.0. The summed E-state index contributed by atoms with van der Waals surface area (Å²) in [5.74, 6) is -0.0422. The summed E-state index contributed by atoms with van der Waals surface area (Å²) in [7, 11) is -3.42. The van der Waals surface area contributed by atoms with Gasteiger partial charge in [0.05, 0.1) is 17.1 Å². The molecule has 0 fully saturated rings. The zero-order valence-electron chi connectivity index (χ0n) is 11.9. The molecule has 2 aromatic rings. The summed E-state index contributed by atoms with van der Waals surface area (Å²) in [4.78, 5) is 4.18. The minimum absolute atomic E-state index is 0.0342. The zero-order chi connectivity index (χ0) is 15.5. The van der Waals surface area contributed by atoms with Gasteiger partial charge in [-0.15, -0.1) is 0 Å². The standard InChI is InChI=1S/C15H17BrN2O2S/c1-11(13-6-4-3-5-7-13)10-21(19,20)18-14-8-9-15(16)17-12(14)2/h3-9,11,18H,10H2,1-2H3. The van der Waals surface area contributed by atoms with Crippen molar-refractivity contribution in [2.75, 3.05) is 10.5 Å². The largest absolute Gasteiger partial charge is 0.282 e. The van der Waals surface area contributed by atoms with E-state index in [1.807, 2.05) is 37.3 Å². The van der Waals surface area contributed by atoms with Gasteiger partial charge in [0.15, 0.2) is 0 Å². The monoisotopic (exact) mass is 368 g/mol. The number of anilines is 1. The maximum Gasteiger partial charge on any atom is 0.233 e. The van der Waals surface area contributed by atoms with E-state index >= 15 is 0 Å². The molecule has 1 aromatic heterocycles. The molecule has 1 heterocycles. The van der Waals surface area contributed by atoms with Crippen LogP contribution in [0.2, 0.25) is 0 Å². The minimum Gasteiger partial charge on any atom is -0.282 e. The molecule has 0 spiro atoms. The number of rotatable bonds is 5. The molecule has 0 saturated carbocycles. The van der Waals surface area contributed by atoms with Gasteiger partial charge in [0.25, 0.3) is 0 Å². The van der Waals surface area contributed by atoms with E-state index in [9.17, 15) is 8.42 Å². The lowest BCUT2D eigenvalue weighted by Crippen LogP contribution is -2.21. The third-order valence-corrected chi connectivity index (χ3v) is 5.07. The number of benzene rings is 1. The van der Waals surface area contributed by atoms with Gasteiger partial charge in [-0.1, -0.05) is 37.3 Å². The highest BCUT2D eigenvalue weighted by Crippen LogP contribution is 2.21. The molecule has 1 aromatic carbocycles. The summed E-state index contributed by atoms with van der Waals surface area (Å²) in [6.45, 7) is 3.67. The van der Waals surface area contributed by atoms with Gasteiger partial charge in [0.2, 0.25) is 10.0 Å². The summed E-state index contributed by atoms with van der Waals surface area (Å²) in [5.41, 5.74) is 2.16. The first kappa shape index (κ1) is 16.0. The fourth-order valence-electron chi connectivity index (χ4n) is 2.05. The van der Waals surface area contributed by atoms with Gasteiger partial charge in [0.1, 0.15) is 4.60 Å². The van der Waals surface area contributed by atoms with Crippen molar-refractivity contribution < 1.29 is 8.42 Å². The van der Waals surface area contributed by atoms with Gasteiger partial charge in [-0.25, -0.2) is 13.4 Å².